The summed E-state index contributed by atoms with van der Waals surface area (Å²) in [5, 5.41) is 2.89. The minimum absolute atomic E-state index is 0.0737. The molecule has 7 nitrogen and oxygen atoms in total. The number of carbonyl (C=O) groups excluding carboxylic acids is 2. The molecule has 98 valence electrons. The first-order chi connectivity index (χ1) is 8.56. The summed E-state index contributed by atoms with van der Waals surface area (Å²) in [4.78, 5) is 21.9. The highest BCUT2D eigenvalue weighted by molar-refractivity contribution is 5.98. The molecule has 0 saturated heterocycles. The number of nitrogen functional groups attached to an aromatic ring is 1. The second-order valence-electron chi connectivity index (χ2n) is 3.36. The Morgan fingerprint density at radius 2 is 2.11 bits per heavy atom. The van der Waals surface area contributed by atoms with Gasteiger partial charge in [0.2, 0.25) is 0 Å². The van der Waals surface area contributed by atoms with Gasteiger partial charge in [0.25, 0.3) is 0 Å². The fourth-order valence-electron chi connectivity index (χ4n) is 1.38. The van der Waals surface area contributed by atoms with E-state index in [1.165, 1.54) is 7.11 Å². The SMILES string of the molecule is COC(=O)c1cccc(N)c1NCCOC(N)=O. The molecule has 1 aromatic rings. The van der Waals surface area contributed by atoms with E-state index in [-0.39, 0.29) is 13.2 Å². The molecule has 5 N–H and O–H groups in total. The highest BCUT2D eigenvalue weighted by Crippen LogP contribution is 2.23. The van der Waals surface area contributed by atoms with Crippen LogP contribution in [0.3, 0.4) is 0 Å². The summed E-state index contributed by atoms with van der Waals surface area (Å²) in [6.45, 7) is 0.353. The van der Waals surface area contributed by atoms with E-state index in [1.54, 1.807) is 18.2 Å². The van der Waals surface area contributed by atoms with Crippen LogP contribution < -0.4 is 16.8 Å². The van der Waals surface area contributed by atoms with E-state index in [4.69, 9.17) is 11.5 Å². The molecule has 0 atom stereocenters. The summed E-state index contributed by atoms with van der Waals surface area (Å²) in [5.74, 6) is -0.499. The number of hydrogen-bond acceptors (Lipinski definition) is 6. The number of anilines is 2. The normalized spacial score (nSPS) is 9.61. The van der Waals surface area contributed by atoms with Gasteiger partial charge < -0.3 is 26.3 Å². The van der Waals surface area contributed by atoms with Crippen molar-refractivity contribution in [3.63, 3.8) is 0 Å². The minimum Gasteiger partial charge on any atom is -0.465 e. The summed E-state index contributed by atoms with van der Waals surface area (Å²) in [6.07, 6.45) is -0.856. The van der Waals surface area contributed by atoms with Gasteiger partial charge in [-0.25, -0.2) is 9.59 Å². The topological polar surface area (TPSA) is 117 Å². The number of primary amides is 1. The number of carbonyl (C=O) groups is 2. The van der Waals surface area contributed by atoms with Crippen LogP contribution in [-0.4, -0.2) is 32.3 Å². The molecule has 0 heterocycles. The summed E-state index contributed by atoms with van der Waals surface area (Å²) in [7, 11) is 1.28. The second-order valence-corrected chi connectivity index (χ2v) is 3.36. The first-order valence-corrected chi connectivity index (χ1v) is 5.19. The average Bonchev–Trinajstić information content (AvgIpc) is 2.34. The van der Waals surface area contributed by atoms with Crippen LogP contribution in [0.25, 0.3) is 0 Å². The van der Waals surface area contributed by atoms with Crippen LogP contribution in [0.4, 0.5) is 16.2 Å². The van der Waals surface area contributed by atoms with E-state index in [2.05, 4.69) is 14.8 Å². The average molecular weight is 253 g/mol. The summed E-state index contributed by atoms with van der Waals surface area (Å²) >= 11 is 0. The van der Waals surface area contributed by atoms with Crippen LogP contribution >= 0.6 is 0 Å². The zero-order valence-corrected chi connectivity index (χ0v) is 9.93. The lowest BCUT2D eigenvalue weighted by atomic mass is 10.1. The third kappa shape index (κ3) is 3.55. The lowest BCUT2D eigenvalue weighted by Gasteiger charge is -2.12. The molecule has 0 spiro atoms. The van der Waals surface area contributed by atoms with E-state index in [1.807, 2.05) is 0 Å². The number of ether oxygens (including phenoxy) is 2. The third-order valence-electron chi connectivity index (χ3n) is 2.15. The lowest BCUT2D eigenvalue weighted by molar-refractivity contribution is 0.0601. The summed E-state index contributed by atoms with van der Waals surface area (Å²) in [6, 6.07) is 4.87. The van der Waals surface area contributed by atoms with Crippen molar-refractivity contribution >= 4 is 23.4 Å². The van der Waals surface area contributed by atoms with Gasteiger partial charge in [-0.2, -0.15) is 0 Å². The molecule has 0 saturated carbocycles. The Hall–Kier alpha value is -2.44. The fraction of sp³-hybridized carbons (Fsp3) is 0.273. The van der Waals surface area contributed by atoms with Crippen LogP contribution in [0, 0.1) is 0 Å². The molecule has 1 aromatic carbocycles. The zero-order valence-electron chi connectivity index (χ0n) is 9.93. The van der Waals surface area contributed by atoms with Crippen LogP contribution in [0.15, 0.2) is 18.2 Å². The first kappa shape index (κ1) is 13.6. The number of para-hydroxylation sites is 1. The zero-order chi connectivity index (χ0) is 13.5. The van der Waals surface area contributed by atoms with E-state index in [0.29, 0.717) is 16.9 Å². The number of rotatable bonds is 5. The van der Waals surface area contributed by atoms with Crippen LogP contribution in [0.1, 0.15) is 10.4 Å². The molecule has 0 aromatic heterocycles. The van der Waals surface area contributed by atoms with Crippen LogP contribution in [0.2, 0.25) is 0 Å². The van der Waals surface area contributed by atoms with Gasteiger partial charge in [0.1, 0.15) is 6.61 Å². The largest absolute Gasteiger partial charge is 0.465 e. The Morgan fingerprint density at radius 3 is 2.72 bits per heavy atom. The van der Waals surface area contributed by atoms with Gasteiger partial charge >= 0.3 is 12.1 Å². The Labute approximate surface area is 104 Å². The van der Waals surface area contributed by atoms with Crippen LogP contribution in [-0.2, 0) is 9.47 Å². The maximum Gasteiger partial charge on any atom is 0.404 e. The van der Waals surface area contributed by atoms with Gasteiger partial charge in [-0.1, -0.05) is 6.07 Å². The molecule has 18 heavy (non-hydrogen) atoms. The number of nitrogens with one attached hydrogen (secondary N) is 1. The lowest BCUT2D eigenvalue weighted by Crippen LogP contribution is -2.19. The molecule has 0 aliphatic heterocycles. The molecule has 0 unspecified atom stereocenters. The molecule has 0 aliphatic rings. The molecule has 1 amide bonds. The Bertz CT molecular complexity index is 448. The van der Waals surface area contributed by atoms with E-state index >= 15 is 0 Å². The van der Waals surface area contributed by atoms with Crippen molar-refractivity contribution in [1.29, 1.82) is 0 Å². The van der Waals surface area contributed by atoms with Crippen molar-refractivity contribution in [2.75, 3.05) is 31.3 Å². The van der Waals surface area contributed by atoms with Gasteiger partial charge in [-0.3, -0.25) is 0 Å². The van der Waals surface area contributed by atoms with Crippen molar-refractivity contribution < 1.29 is 19.1 Å². The van der Waals surface area contributed by atoms with Gasteiger partial charge in [-0.05, 0) is 12.1 Å². The van der Waals surface area contributed by atoms with Gasteiger partial charge in [0, 0.05) is 6.54 Å². The fourth-order valence-corrected chi connectivity index (χ4v) is 1.38. The number of methoxy groups -OCH3 is 1. The van der Waals surface area contributed by atoms with Crippen molar-refractivity contribution in [2.24, 2.45) is 5.73 Å². The predicted molar refractivity (Wildman–Crippen MR) is 66.2 cm³/mol. The Kier molecular flexibility index (Phi) is 4.79. The van der Waals surface area contributed by atoms with Crippen molar-refractivity contribution in [1.82, 2.24) is 0 Å². The molecular weight excluding hydrogens is 238 g/mol. The smallest absolute Gasteiger partial charge is 0.404 e. The monoisotopic (exact) mass is 253 g/mol. The number of benzene rings is 1. The maximum atomic E-state index is 11.5. The molecule has 0 fully saturated rings. The molecule has 7 heteroatoms. The summed E-state index contributed by atoms with van der Waals surface area (Å²) in [5.41, 5.74) is 11.7. The number of amides is 1. The third-order valence-corrected chi connectivity index (χ3v) is 2.15. The number of nitrogens with two attached hydrogens (primary N) is 2. The predicted octanol–water partition coefficient (Wildman–Crippen LogP) is 0.563. The van der Waals surface area contributed by atoms with E-state index in [0.717, 1.165) is 0 Å². The van der Waals surface area contributed by atoms with Gasteiger partial charge in [0.05, 0.1) is 24.0 Å². The van der Waals surface area contributed by atoms with E-state index in [9.17, 15) is 9.59 Å². The number of hydrogen-bond donors (Lipinski definition) is 3. The minimum atomic E-state index is -0.856. The second kappa shape index (κ2) is 6.33. The molecular formula is C11H15N3O4. The molecule has 0 radical (unpaired) electrons. The molecule has 0 bridgehead atoms. The maximum absolute atomic E-state index is 11.5. The van der Waals surface area contributed by atoms with Crippen molar-refractivity contribution in [3.8, 4) is 0 Å². The highest BCUT2D eigenvalue weighted by Gasteiger charge is 2.13. The Balaban J connectivity index is 2.74. The standard InChI is InChI=1S/C11H15N3O4/c1-17-10(15)7-3-2-4-8(12)9(7)14-5-6-18-11(13)16/h2-4,14H,5-6,12H2,1H3,(H2,13,16). The quantitative estimate of drug-likeness (QED) is 0.401. The van der Waals surface area contributed by atoms with Crippen LogP contribution in [0.5, 0.6) is 0 Å². The van der Waals surface area contributed by atoms with Gasteiger partial charge in [-0.15, -0.1) is 0 Å². The van der Waals surface area contributed by atoms with Gasteiger partial charge in [0.15, 0.2) is 0 Å². The Morgan fingerprint density at radius 1 is 1.39 bits per heavy atom. The van der Waals surface area contributed by atoms with Crippen molar-refractivity contribution in [3.05, 3.63) is 23.8 Å². The molecule has 1 rings (SSSR count). The van der Waals surface area contributed by atoms with Crippen molar-refractivity contribution in [2.45, 2.75) is 0 Å². The number of esters is 1. The molecule has 0 aliphatic carbocycles. The first-order valence-electron chi connectivity index (χ1n) is 5.19. The summed E-state index contributed by atoms with van der Waals surface area (Å²) < 4.78 is 9.19. The highest BCUT2D eigenvalue weighted by atomic mass is 16.5. The van der Waals surface area contributed by atoms with E-state index < -0.39 is 12.1 Å².